The van der Waals surface area contributed by atoms with Crippen molar-refractivity contribution < 1.29 is 116 Å². The largest absolute Gasteiger partial charge is 0.480 e. The molecule has 15 atom stereocenters. The zero-order valence-corrected chi connectivity index (χ0v) is 74.9. The summed E-state index contributed by atoms with van der Waals surface area (Å²) in [5.41, 5.74) is 46.5. The Bertz CT molecular complexity index is 6060. The molecule has 5 saturated heterocycles. The summed E-state index contributed by atoms with van der Waals surface area (Å²) < 4.78 is 197. The number of methoxy groups -OCH3 is 2. The van der Waals surface area contributed by atoms with Gasteiger partial charge in [-0.05, 0) is 111 Å². The minimum absolute atomic E-state index is 0.0125. The van der Waals surface area contributed by atoms with Crippen molar-refractivity contribution in [2.24, 2.45) is 34.4 Å². The number of nitrogens with two attached hydrogens (primary N) is 6. The third-order valence-electron chi connectivity index (χ3n) is 26.5. The van der Waals surface area contributed by atoms with E-state index in [1.54, 1.807) is 38.8 Å². The molecule has 10 aromatic rings. The monoisotopic (exact) mass is 1940 g/mol. The number of carboxylic acid groups (broad SMARTS) is 2. The van der Waals surface area contributed by atoms with Gasteiger partial charge in [0.2, 0.25) is 5.91 Å². The molecule has 5 aromatic carbocycles. The highest BCUT2D eigenvalue weighted by atomic mass is 19.2. The Balaban J connectivity index is 0.000000125. The first-order chi connectivity index (χ1) is 66.0. The summed E-state index contributed by atoms with van der Waals surface area (Å²) in [5.74, 6) is -10.5. The number of primary amides is 1. The van der Waals surface area contributed by atoms with Crippen LogP contribution in [0.4, 0.5) is 48.3 Å². The number of aromatic nitrogens is 10. The van der Waals surface area contributed by atoms with E-state index in [0.29, 0.717) is 130 Å². The molecule has 0 saturated carbocycles. The predicted octanol–water partition coefficient (Wildman–Crippen LogP) is 6.81. The van der Waals surface area contributed by atoms with Crippen molar-refractivity contribution in [1.29, 1.82) is 0 Å². The van der Waals surface area contributed by atoms with Gasteiger partial charge in [-0.2, -0.15) is 25.5 Å². The fourth-order valence-corrected chi connectivity index (χ4v) is 19.6. The van der Waals surface area contributed by atoms with Gasteiger partial charge < -0.3 is 77.8 Å². The van der Waals surface area contributed by atoms with E-state index >= 15 is 0 Å². The summed E-state index contributed by atoms with van der Waals surface area (Å²) in [5, 5.41) is 39.1. The molecule has 35 nitrogen and oxygen atoms in total. The number of esters is 2. The zero-order valence-electron chi connectivity index (χ0n) is 74.9. The van der Waals surface area contributed by atoms with Crippen LogP contribution in [0.1, 0.15) is 147 Å². The molecule has 10 aliphatic rings. The Labute approximate surface area is 782 Å². The van der Waals surface area contributed by atoms with Crippen LogP contribution < -0.4 is 34.4 Å². The molecule has 0 unspecified atom stereocenters. The van der Waals surface area contributed by atoms with Crippen molar-refractivity contribution in [2.45, 2.75) is 221 Å². The Morgan fingerprint density at radius 1 is 0.348 bits per heavy atom. The summed E-state index contributed by atoms with van der Waals surface area (Å²) in [7, 11) is 2.69. The summed E-state index contributed by atoms with van der Waals surface area (Å²) in [6.07, 6.45) is 8.04. The second-order valence-corrected chi connectivity index (χ2v) is 35.8. The molecule has 138 heavy (non-hydrogen) atoms. The molecule has 738 valence electrons. The predicted molar refractivity (Wildman–Crippen MR) is 463 cm³/mol. The first-order valence-electron chi connectivity index (χ1n) is 44.6. The number of halogens is 11. The van der Waals surface area contributed by atoms with Crippen molar-refractivity contribution in [3.63, 3.8) is 0 Å². The fourth-order valence-electron chi connectivity index (χ4n) is 19.6. The number of hydrogen-bond donors (Lipinski definition) is 8. The summed E-state index contributed by atoms with van der Waals surface area (Å²) in [6, 6.07) is 12.2. The Kier molecular flexibility index (Phi) is 30.8. The third-order valence-corrected chi connectivity index (χ3v) is 26.5. The molecule has 20 rings (SSSR count). The molecule has 14 N–H and O–H groups in total. The topological polar surface area (TPSA) is 452 Å². The van der Waals surface area contributed by atoms with Crippen LogP contribution in [0.2, 0.25) is 0 Å². The van der Waals surface area contributed by atoms with Gasteiger partial charge in [-0.15, -0.1) is 0 Å². The lowest BCUT2D eigenvalue weighted by atomic mass is 9.93. The van der Waals surface area contributed by atoms with Gasteiger partial charge in [-0.25, -0.2) is 48.3 Å². The van der Waals surface area contributed by atoms with Crippen LogP contribution in [0, 0.1) is 64.0 Å². The molecule has 46 heteroatoms. The number of benzene rings is 5. The lowest BCUT2D eigenvalue weighted by Crippen LogP contribution is -2.48. The number of ether oxygens (including phenoxy) is 7. The van der Waals surface area contributed by atoms with E-state index < -0.39 is 143 Å². The molecule has 0 aliphatic carbocycles. The van der Waals surface area contributed by atoms with Gasteiger partial charge >= 0.3 is 23.9 Å². The summed E-state index contributed by atoms with van der Waals surface area (Å²) in [4.78, 5) is 66.7. The maximum atomic E-state index is 14.1. The van der Waals surface area contributed by atoms with Crippen LogP contribution in [-0.4, -0.2) is 221 Å². The third kappa shape index (κ3) is 22.7. The van der Waals surface area contributed by atoms with Crippen LogP contribution in [0.25, 0.3) is 0 Å². The molecule has 5 aromatic heterocycles. The number of carboxylic acids is 2. The molecule has 0 radical (unpaired) electrons. The van der Waals surface area contributed by atoms with Crippen molar-refractivity contribution in [2.75, 3.05) is 47.3 Å². The second-order valence-electron chi connectivity index (χ2n) is 35.8. The molecular formula is C92H104F11N21O14. The quantitative estimate of drug-likeness (QED) is 0.0220. The zero-order chi connectivity index (χ0) is 97.9. The van der Waals surface area contributed by atoms with Crippen LogP contribution in [0.5, 0.6) is 0 Å². The van der Waals surface area contributed by atoms with Crippen molar-refractivity contribution in [3.05, 3.63) is 264 Å². The number of aliphatic carboxylic acids is 2. The minimum Gasteiger partial charge on any atom is -0.480 e. The fraction of sp³-hybridized carbons (Fsp3) is 0.457. The van der Waals surface area contributed by atoms with Gasteiger partial charge in [0, 0.05) is 200 Å². The molecule has 1 amide bonds. The SMILES string of the molecule is COC(=O)Cn1cc2c(n1)CN([C@H]1CO[C@H](c3cc(F)ccc3F)[C@@H](N)C1)C2.COC(=O)Cn1ncc2c1CN([C@H]1CO[C@H](c3cc(F)ccc3F)[C@@H](N)C1)C2.NC(=O)Cn1ncc2c1CN([C@H]1CO[C@H](c3cc(F)c(F)cc3F)[C@@H](N)C1)C2.N[C@H]1C[C@@H](N2Cc3cn(CC(=O)O)nc3C2)CO[C@@H]1c1cc(F)ccc1F.N[C@H]1C[C@@H](N2Cc3cnn(CC(=O)O)c3C2)CO[C@@H]1c1cc(F)ccc1F. The van der Waals surface area contributed by atoms with Crippen molar-refractivity contribution >= 4 is 29.8 Å². The molecule has 0 bridgehead atoms. The lowest BCUT2D eigenvalue weighted by Gasteiger charge is -2.38. The first-order valence-corrected chi connectivity index (χ1v) is 44.6. The maximum Gasteiger partial charge on any atom is 0.327 e. The first kappa shape index (κ1) is 99.2. The number of fused-ring (bicyclic) bond motifs is 5. The highest BCUT2D eigenvalue weighted by Crippen LogP contribution is 2.42. The van der Waals surface area contributed by atoms with Gasteiger partial charge in [-0.1, -0.05) is 0 Å². The van der Waals surface area contributed by atoms with E-state index in [-0.39, 0.29) is 109 Å². The Hall–Kier alpha value is -11.9. The molecule has 5 fully saturated rings. The highest BCUT2D eigenvalue weighted by Gasteiger charge is 2.45. The standard InChI is InChI=1S/2C19H22F2N4O3.C18H20F3N5O2.2C18H20F2N4O3/c1-27-18(26)9-25-7-11-6-24(8-17(11)23-25)13-5-16(22)19(28-10-13)14-4-12(20)2-3-15(14)21;1-27-18(26)9-25-17-8-24(7-11(17)6-23-25)13-5-16(22)19(28-10-13)14-4-12(20)2-3-15(14)21;19-12-3-14(21)13(20)2-11(12)18-15(22)1-10(8-28-18)25-5-9-4-24-26(7-17(23)27)16(9)6-25;19-11-1-2-14(20)13(3-11)18-15(21)4-12(9-27-18)23-5-10-6-24(8-17(25)26)22-16(10)7-23;19-11-1-2-14(20)13(3-11)18-15(21)4-12(9-27-18)23-6-10-5-22-24(8-17(25)26)16(10)7-23/h2-4,7,13,16,19H,5-6,8-10,22H2,1H3;2-4,6,13,16,19H,5,7-10,22H2,1H3;2-4,10,15,18H,1,5-8,22H2,(H2,23,27);1-3,6,12,15,18H,4-5,7-9,21H2,(H,25,26);1-3,5,12,15,18H,4,6-9,21H2,(H,25,26)/t2*13-,16+,19-;10-,15+,18-;2*12-,15+,18-/m11111/s1. The van der Waals surface area contributed by atoms with E-state index in [4.69, 9.17) is 73.0 Å². The van der Waals surface area contributed by atoms with Gasteiger partial charge in [-0.3, -0.25) is 71.9 Å². The van der Waals surface area contributed by atoms with Gasteiger partial charge in [0.15, 0.2) is 11.6 Å². The minimum atomic E-state index is -1.25. The van der Waals surface area contributed by atoms with E-state index in [9.17, 15) is 72.3 Å². The molecular weight excluding hydrogens is 1830 g/mol. The second kappa shape index (κ2) is 42.8. The number of nitrogens with zero attached hydrogens (tertiary/aromatic N) is 15. The summed E-state index contributed by atoms with van der Waals surface area (Å²) in [6.45, 7) is 7.73. The van der Waals surface area contributed by atoms with Gasteiger partial charge in [0.1, 0.15) is 116 Å². The van der Waals surface area contributed by atoms with Gasteiger partial charge in [0.25, 0.3) is 0 Å². The Morgan fingerprint density at radius 3 is 0.935 bits per heavy atom. The van der Waals surface area contributed by atoms with Crippen molar-refractivity contribution in [3.8, 4) is 0 Å². The van der Waals surface area contributed by atoms with Crippen LogP contribution in [0.15, 0.2) is 116 Å². The molecule has 15 heterocycles. The average molecular weight is 1940 g/mol. The average Bonchev–Trinajstić information content (AvgIpc) is 1.55. The lowest BCUT2D eigenvalue weighted by molar-refractivity contribution is -0.142. The van der Waals surface area contributed by atoms with Crippen LogP contribution >= 0.6 is 0 Å². The Morgan fingerprint density at radius 2 is 0.630 bits per heavy atom. The number of hydrogen-bond acceptors (Lipinski definition) is 27. The van der Waals surface area contributed by atoms with Crippen molar-refractivity contribution in [1.82, 2.24) is 73.4 Å². The smallest absolute Gasteiger partial charge is 0.327 e. The normalized spacial score (nSPS) is 25.2. The van der Waals surface area contributed by atoms with E-state index in [0.717, 1.165) is 135 Å². The summed E-state index contributed by atoms with van der Waals surface area (Å²) >= 11 is 0. The highest BCUT2D eigenvalue weighted by molar-refractivity contribution is 5.73. The molecule has 0 spiro atoms. The molecule has 10 aliphatic heterocycles. The number of rotatable bonds is 20. The van der Waals surface area contributed by atoms with E-state index in [1.165, 1.54) is 23.6 Å². The number of carbonyl (C=O) groups excluding carboxylic acids is 3. The number of amides is 1. The maximum absolute atomic E-state index is 14.1. The van der Waals surface area contributed by atoms with Crippen LogP contribution in [0.3, 0.4) is 0 Å². The number of carbonyl (C=O) groups is 5. The van der Waals surface area contributed by atoms with E-state index in [2.05, 4.69) is 54.7 Å². The van der Waals surface area contributed by atoms with Crippen LogP contribution in [-0.2, 0) is 155 Å². The van der Waals surface area contributed by atoms with E-state index in [1.807, 2.05) is 6.20 Å². The van der Waals surface area contributed by atoms with Gasteiger partial charge in [0.05, 0.1) is 94.3 Å².